The van der Waals surface area contributed by atoms with E-state index in [1.165, 1.54) is 30.3 Å². The number of hydrogen-bond donors (Lipinski definition) is 4. The number of aromatic nitrogens is 2. The van der Waals surface area contributed by atoms with Crippen LogP contribution in [-0.4, -0.2) is 55.2 Å². The lowest BCUT2D eigenvalue weighted by atomic mass is 10.1. The number of benzene rings is 4. The number of nitro groups is 1. The molecule has 5 N–H and O–H groups in total. The van der Waals surface area contributed by atoms with Gasteiger partial charge in [-0.1, -0.05) is 88.4 Å². The summed E-state index contributed by atoms with van der Waals surface area (Å²) >= 11 is 0. The summed E-state index contributed by atoms with van der Waals surface area (Å²) in [6.45, 7) is 8.82. The molecule has 0 saturated carbocycles. The Bertz CT molecular complexity index is 2390. The molecule has 0 amide bonds. The number of hydrogen-bond acceptors (Lipinski definition) is 8. The molecule has 0 fully saturated rings. The van der Waals surface area contributed by atoms with Crippen molar-refractivity contribution in [1.82, 2.24) is 18.6 Å². The van der Waals surface area contributed by atoms with E-state index in [-0.39, 0.29) is 33.4 Å². The van der Waals surface area contributed by atoms with Crippen molar-refractivity contribution in [2.45, 2.75) is 62.7 Å². The second-order valence-corrected chi connectivity index (χ2v) is 16.6. The zero-order valence-corrected chi connectivity index (χ0v) is 32.5. The number of aliphatic hydroxyl groups is 1. The molecule has 2 heterocycles. The standard InChI is InChI=1S/C19H21N3O4S.C19H23N3O2S.CH4O/c1-14(2)16(13-21-12-11-15-7-3-4-8-17(15)21)20-27(25,26)19-10-6-5-9-18(19)22(23)24;1-14(2)17(13-22-12-11-15-7-3-5-9-18(15)22)21-25(23,24)19-10-6-4-8-16(19)20;1-2/h3-12,14,16,20H,13H2,1-2H3;3-12,14,17,21H,13,20H2,1-2H3;2H,1H3. The fourth-order valence-corrected chi connectivity index (χ4v) is 8.93. The summed E-state index contributed by atoms with van der Waals surface area (Å²) in [6.07, 6.45) is 3.91. The normalized spacial score (nSPS) is 12.9. The predicted molar refractivity (Wildman–Crippen MR) is 214 cm³/mol. The molecule has 0 aliphatic carbocycles. The molecule has 288 valence electrons. The average molecular weight is 777 g/mol. The summed E-state index contributed by atoms with van der Waals surface area (Å²) in [7, 11) is -6.72. The molecule has 0 saturated heterocycles. The van der Waals surface area contributed by atoms with Crippen LogP contribution in [-0.2, 0) is 33.1 Å². The highest BCUT2D eigenvalue weighted by molar-refractivity contribution is 7.90. The number of nitrogens with one attached hydrogen (secondary N) is 2. The lowest BCUT2D eigenvalue weighted by molar-refractivity contribution is -0.387. The van der Waals surface area contributed by atoms with Gasteiger partial charge < -0.3 is 20.0 Å². The van der Waals surface area contributed by atoms with E-state index < -0.39 is 36.7 Å². The first kappa shape index (κ1) is 41.7. The van der Waals surface area contributed by atoms with Crippen molar-refractivity contribution < 1.29 is 26.9 Å². The van der Waals surface area contributed by atoms with Crippen LogP contribution in [0.2, 0.25) is 0 Å². The van der Waals surface area contributed by atoms with E-state index >= 15 is 0 Å². The van der Waals surface area contributed by atoms with Gasteiger partial charge in [-0.25, -0.2) is 26.3 Å². The van der Waals surface area contributed by atoms with Gasteiger partial charge in [0.1, 0.15) is 4.90 Å². The minimum absolute atomic E-state index is 0.0105. The molecule has 0 radical (unpaired) electrons. The molecule has 0 bridgehead atoms. The Morgan fingerprint density at radius 1 is 0.630 bits per heavy atom. The molecule has 2 aromatic heterocycles. The van der Waals surface area contributed by atoms with Gasteiger partial charge in [-0.15, -0.1) is 0 Å². The minimum Gasteiger partial charge on any atom is -0.400 e. The highest BCUT2D eigenvalue weighted by Gasteiger charge is 2.29. The number of sulfonamides is 2. The Morgan fingerprint density at radius 3 is 1.46 bits per heavy atom. The first-order valence-corrected chi connectivity index (χ1v) is 20.3. The Kier molecular flexibility index (Phi) is 14.1. The van der Waals surface area contributed by atoms with Gasteiger partial charge in [0.25, 0.3) is 5.69 Å². The fourth-order valence-electron chi connectivity index (χ4n) is 5.88. The van der Waals surface area contributed by atoms with Crippen LogP contribution in [0.25, 0.3) is 21.8 Å². The number of para-hydroxylation sites is 4. The van der Waals surface area contributed by atoms with E-state index in [4.69, 9.17) is 10.8 Å². The zero-order chi connectivity index (χ0) is 39.6. The molecule has 6 aromatic rings. The maximum atomic E-state index is 12.8. The number of rotatable bonds is 13. The SMILES string of the molecule is CC(C)C(Cn1ccc2ccccc21)NS(=O)(=O)c1ccccc1N.CC(C)C(Cn1ccc2ccccc21)NS(=O)(=O)c1ccccc1[N+](=O)[O-].CO. The number of nitrogens with two attached hydrogens (primary N) is 1. The Hall–Kier alpha value is -5.06. The van der Waals surface area contributed by atoms with Crippen molar-refractivity contribution in [3.8, 4) is 0 Å². The summed E-state index contributed by atoms with van der Waals surface area (Å²) in [4.78, 5) is 10.3. The molecule has 15 heteroatoms. The van der Waals surface area contributed by atoms with Gasteiger partial charge in [-0.2, -0.15) is 0 Å². The van der Waals surface area contributed by atoms with Crippen LogP contribution in [0.5, 0.6) is 0 Å². The van der Waals surface area contributed by atoms with Crippen LogP contribution in [0.3, 0.4) is 0 Å². The third-order valence-electron chi connectivity index (χ3n) is 8.93. The fraction of sp³-hybridized carbons (Fsp3) is 0.282. The van der Waals surface area contributed by atoms with Gasteiger partial charge in [0.2, 0.25) is 20.0 Å². The van der Waals surface area contributed by atoms with E-state index in [2.05, 4.69) is 14.0 Å². The highest BCUT2D eigenvalue weighted by Crippen LogP contribution is 2.25. The van der Waals surface area contributed by atoms with E-state index in [9.17, 15) is 26.9 Å². The quantitative estimate of drug-likeness (QED) is 0.0589. The minimum atomic E-state index is -4.04. The maximum Gasteiger partial charge on any atom is 0.289 e. The monoisotopic (exact) mass is 776 g/mol. The number of nitro benzene ring substituents is 1. The van der Waals surface area contributed by atoms with E-state index in [0.29, 0.717) is 13.1 Å². The first-order valence-electron chi connectivity index (χ1n) is 17.3. The number of nitrogens with zero attached hydrogens (tertiary/aromatic N) is 3. The van der Waals surface area contributed by atoms with Gasteiger partial charge in [0.15, 0.2) is 4.90 Å². The summed E-state index contributed by atoms with van der Waals surface area (Å²) in [6, 6.07) is 31.1. The van der Waals surface area contributed by atoms with E-state index in [1.54, 1.807) is 18.2 Å². The summed E-state index contributed by atoms with van der Waals surface area (Å²) < 4.78 is 60.7. The number of anilines is 1. The Balaban J connectivity index is 0.000000231. The predicted octanol–water partition coefficient (Wildman–Crippen LogP) is 6.39. The van der Waals surface area contributed by atoms with Gasteiger partial charge in [0, 0.05) is 61.8 Å². The van der Waals surface area contributed by atoms with Crippen molar-refractivity contribution in [1.29, 1.82) is 0 Å². The van der Waals surface area contributed by atoms with Crippen molar-refractivity contribution in [2.24, 2.45) is 11.8 Å². The van der Waals surface area contributed by atoms with Crippen LogP contribution in [0, 0.1) is 22.0 Å². The highest BCUT2D eigenvalue weighted by atomic mass is 32.2. The van der Waals surface area contributed by atoms with Crippen molar-refractivity contribution >= 4 is 53.2 Å². The van der Waals surface area contributed by atoms with Crippen molar-refractivity contribution in [2.75, 3.05) is 12.8 Å². The molecule has 6 rings (SSSR count). The second kappa shape index (κ2) is 18.3. The summed E-state index contributed by atoms with van der Waals surface area (Å²) in [5, 5.41) is 20.4. The van der Waals surface area contributed by atoms with E-state index in [1.807, 2.05) is 105 Å². The molecule has 0 aliphatic heterocycles. The molecule has 0 spiro atoms. The topological polar surface area (TPSA) is 192 Å². The maximum absolute atomic E-state index is 12.8. The zero-order valence-electron chi connectivity index (χ0n) is 30.9. The average Bonchev–Trinajstić information content (AvgIpc) is 3.76. The molecule has 54 heavy (non-hydrogen) atoms. The lowest BCUT2D eigenvalue weighted by Gasteiger charge is -2.24. The van der Waals surface area contributed by atoms with Gasteiger partial charge in [-0.05, 0) is 65.1 Å². The van der Waals surface area contributed by atoms with Crippen LogP contribution >= 0.6 is 0 Å². The molecule has 4 aromatic carbocycles. The molecule has 13 nitrogen and oxygen atoms in total. The molecular weight excluding hydrogens is 729 g/mol. The van der Waals surface area contributed by atoms with Crippen LogP contribution in [0.4, 0.5) is 11.4 Å². The van der Waals surface area contributed by atoms with Crippen molar-refractivity contribution in [3.63, 3.8) is 0 Å². The van der Waals surface area contributed by atoms with Gasteiger partial charge >= 0.3 is 0 Å². The Labute approximate surface area is 316 Å². The number of nitrogen functional groups attached to an aromatic ring is 1. The van der Waals surface area contributed by atoms with Crippen LogP contribution in [0.1, 0.15) is 27.7 Å². The smallest absolute Gasteiger partial charge is 0.289 e. The summed E-state index contributed by atoms with van der Waals surface area (Å²) in [5.41, 5.74) is 7.76. The first-order chi connectivity index (χ1) is 25.7. The molecule has 2 unspecified atom stereocenters. The van der Waals surface area contributed by atoms with Crippen LogP contribution < -0.4 is 15.2 Å². The number of aliphatic hydroxyl groups excluding tert-OH is 1. The third-order valence-corrected chi connectivity index (χ3v) is 12.0. The lowest BCUT2D eigenvalue weighted by Crippen LogP contribution is -2.41. The molecular formula is C39H48N6O7S2. The van der Waals surface area contributed by atoms with Gasteiger partial charge in [0.05, 0.1) is 10.6 Å². The number of fused-ring (bicyclic) bond motifs is 2. The van der Waals surface area contributed by atoms with Crippen molar-refractivity contribution in [3.05, 3.63) is 132 Å². The Morgan fingerprint density at radius 2 is 1.02 bits per heavy atom. The molecule has 0 aliphatic rings. The third kappa shape index (κ3) is 10.1. The van der Waals surface area contributed by atoms with Gasteiger partial charge in [-0.3, -0.25) is 10.1 Å². The second-order valence-electron chi connectivity index (χ2n) is 13.3. The molecule has 2 atom stereocenters. The van der Waals surface area contributed by atoms with E-state index in [0.717, 1.165) is 28.9 Å². The van der Waals surface area contributed by atoms with Crippen LogP contribution in [0.15, 0.2) is 131 Å². The largest absolute Gasteiger partial charge is 0.400 e. The summed E-state index contributed by atoms with van der Waals surface area (Å²) in [5.74, 6) is 0.115.